The molecule has 0 aliphatic heterocycles. The van der Waals surface area contributed by atoms with Gasteiger partial charge < -0.3 is 0 Å². The van der Waals surface area contributed by atoms with Crippen molar-refractivity contribution in [2.24, 2.45) is 0 Å². The number of nitrogens with zero attached hydrogens (tertiary/aromatic N) is 2. The summed E-state index contributed by atoms with van der Waals surface area (Å²) in [4.78, 5) is 12.1. The van der Waals surface area contributed by atoms with Gasteiger partial charge in [0.05, 0.1) is 16.0 Å². The van der Waals surface area contributed by atoms with Crippen molar-refractivity contribution in [2.75, 3.05) is 5.43 Å². The third-order valence-corrected chi connectivity index (χ3v) is 3.39. The summed E-state index contributed by atoms with van der Waals surface area (Å²) in [5, 5.41) is 3.95. The largest absolute Gasteiger partial charge is 0.298 e. The molecule has 2 N–H and O–H groups in total. The van der Waals surface area contributed by atoms with Gasteiger partial charge in [-0.25, -0.2) is 0 Å². The highest BCUT2D eigenvalue weighted by Crippen LogP contribution is 2.20. The molecule has 6 heteroatoms. The van der Waals surface area contributed by atoms with E-state index in [0.717, 1.165) is 15.9 Å². The average molecular weight is 270 g/mol. The minimum absolute atomic E-state index is 0.208. The molecule has 0 spiro atoms. The van der Waals surface area contributed by atoms with Gasteiger partial charge in [0.15, 0.2) is 0 Å². The number of fused-ring (bicyclic) bond motifs is 1. The highest BCUT2D eigenvalue weighted by molar-refractivity contribution is 7.13. The number of aromatic nitrogens is 2. The van der Waals surface area contributed by atoms with E-state index in [-0.39, 0.29) is 5.91 Å². The van der Waals surface area contributed by atoms with Gasteiger partial charge in [-0.15, -0.1) is 5.10 Å². The van der Waals surface area contributed by atoms with Gasteiger partial charge in [0.25, 0.3) is 5.91 Å². The number of carbonyl (C=O) groups is 1. The van der Waals surface area contributed by atoms with E-state index in [9.17, 15) is 4.79 Å². The van der Waals surface area contributed by atoms with Crippen molar-refractivity contribution in [3.05, 3.63) is 54.1 Å². The molecule has 0 fully saturated rings. The summed E-state index contributed by atoms with van der Waals surface area (Å²) in [6.45, 7) is 0. The topological polar surface area (TPSA) is 66.9 Å². The Balaban J connectivity index is 1.79. The Morgan fingerprint density at radius 3 is 2.74 bits per heavy atom. The van der Waals surface area contributed by atoms with Gasteiger partial charge in [0.2, 0.25) is 0 Å². The predicted octanol–water partition coefficient (Wildman–Crippen LogP) is 2.45. The lowest BCUT2D eigenvalue weighted by Gasteiger charge is -2.08. The van der Waals surface area contributed by atoms with Gasteiger partial charge in [-0.1, -0.05) is 28.8 Å². The van der Waals surface area contributed by atoms with Crippen LogP contribution < -0.4 is 10.9 Å². The van der Waals surface area contributed by atoms with Crippen LogP contribution in [0.25, 0.3) is 10.2 Å². The molecule has 0 bridgehead atoms. The van der Waals surface area contributed by atoms with E-state index in [2.05, 4.69) is 20.4 Å². The molecule has 3 aromatic rings. The molecule has 5 nitrogen and oxygen atoms in total. The van der Waals surface area contributed by atoms with Gasteiger partial charge in [-0.3, -0.25) is 15.6 Å². The molecular weight excluding hydrogens is 260 g/mol. The molecule has 2 aromatic carbocycles. The van der Waals surface area contributed by atoms with Crippen molar-refractivity contribution >= 4 is 33.3 Å². The Bertz CT molecular complexity index is 711. The zero-order valence-corrected chi connectivity index (χ0v) is 10.6. The third-order valence-electron chi connectivity index (χ3n) is 2.61. The molecule has 0 radical (unpaired) electrons. The lowest BCUT2D eigenvalue weighted by molar-refractivity contribution is 0.0964. The average Bonchev–Trinajstić information content (AvgIpc) is 2.94. The zero-order chi connectivity index (χ0) is 13.1. The number of hydrazine groups is 1. The second kappa shape index (κ2) is 5.03. The Morgan fingerprint density at radius 2 is 1.89 bits per heavy atom. The van der Waals surface area contributed by atoms with E-state index in [1.165, 1.54) is 11.5 Å². The van der Waals surface area contributed by atoms with Gasteiger partial charge in [0.1, 0.15) is 5.52 Å². The fraction of sp³-hybridized carbons (Fsp3) is 0. The highest BCUT2D eigenvalue weighted by atomic mass is 32.1. The standard InChI is InChI=1S/C13H10N4OS/c18-13(16-14-9-5-2-1-3-6-9)10-7-4-8-11-12(10)19-17-15-11/h1-8,14H,(H,16,18). The van der Waals surface area contributed by atoms with Gasteiger partial charge in [-0.2, -0.15) is 0 Å². The van der Waals surface area contributed by atoms with E-state index in [1.54, 1.807) is 12.1 Å². The smallest absolute Gasteiger partial charge is 0.271 e. The number of rotatable bonds is 3. The van der Waals surface area contributed by atoms with E-state index in [4.69, 9.17) is 0 Å². The van der Waals surface area contributed by atoms with Crippen LogP contribution in [-0.2, 0) is 0 Å². The molecule has 3 rings (SSSR count). The first-order valence-electron chi connectivity index (χ1n) is 5.67. The van der Waals surface area contributed by atoms with E-state index in [0.29, 0.717) is 5.56 Å². The zero-order valence-electron chi connectivity index (χ0n) is 9.83. The molecular formula is C13H10N4OS. The van der Waals surface area contributed by atoms with Crippen LogP contribution in [0.3, 0.4) is 0 Å². The van der Waals surface area contributed by atoms with Crippen molar-refractivity contribution in [3.63, 3.8) is 0 Å². The fourth-order valence-electron chi connectivity index (χ4n) is 1.70. The maximum Gasteiger partial charge on any atom is 0.271 e. The van der Waals surface area contributed by atoms with Gasteiger partial charge in [-0.05, 0) is 35.8 Å². The van der Waals surface area contributed by atoms with E-state index in [1.807, 2.05) is 36.4 Å². The summed E-state index contributed by atoms with van der Waals surface area (Å²) in [7, 11) is 0. The Hall–Kier alpha value is -2.47. The number of anilines is 1. The molecule has 0 aliphatic carbocycles. The molecule has 0 aliphatic rings. The molecule has 19 heavy (non-hydrogen) atoms. The van der Waals surface area contributed by atoms with Crippen LogP contribution in [0.2, 0.25) is 0 Å². The summed E-state index contributed by atoms with van der Waals surface area (Å²) in [5.74, 6) is -0.208. The van der Waals surface area contributed by atoms with E-state index >= 15 is 0 Å². The highest BCUT2D eigenvalue weighted by Gasteiger charge is 2.11. The molecule has 0 saturated carbocycles. The monoisotopic (exact) mass is 270 g/mol. The number of nitrogens with one attached hydrogen (secondary N) is 2. The number of hydrogen-bond donors (Lipinski definition) is 2. The number of hydrogen-bond acceptors (Lipinski definition) is 5. The molecule has 1 aromatic heterocycles. The number of carbonyl (C=O) groups excluding carboxylic acids is 1. The van der Waals surface area contributed by atoms with Crippen LogP contribution in [-0.4, -0.2) is 15.5 Å². The molecule has 1 heterocycles. The Labute approximate surface area is 113 Å². The number of para-hydroxylation sites is 1. The van der Waals surface area contributed by atoms with Crippen LogP contribution in [0.1, 0.15) is 10.4 Å². The van der Waals surface area contributed by atoms with Crippen LogP contribution >= 0.6 is 11.5 Å². The molecule has 0 atom stereocenters. The minimum Gasteiger partial charge on any atom is -0.298 e. The Morgan fingerprint density at radius 1 is 1.05 bits per heavy atom. The minimum atomic E-state index is -0.208. The lowest BCUT2D eigenvalue weighted by atomic mass is 10.2. The quantitative estimate of drug-likeness (QED) is 0.717. The summed E-state index contributed by atoms with van der Waals surface area (Å²) < 4.78 is 4.64. The van der Waals surface area contributed by atoms with E-state index < -0.39 is 0 Å². The molecule has 0 saturated heterocycles. The van der Waals surface area contributed by atoms with Crippen LogP contribution in [0.5, 0.6) is 0 Å². The number of benzene rings is 2. The fourth-order valence-corrected chi connectivity index (χ4v) is 2.37. The van der Waals surface area contributed by atoms with Gasteiger partial charge >= 0.3 is 0 Å². The molecule has 0 unspecified atom stereocenters. The first-order valence-corrected chi connectivity index (χ1v) is 6.44. The SMILES string of the molecule is O=C(NNc1ccccc1)c1cccc2nnsc12. The van der Waals surface area contributed by atoms with Crippen LogP contribution in [0, 0.1) is 0 Å². The molecule has 94 valence electrons. The second-order valence-electron chi connectivity index (χ2n) is 3.87. The molecule has 1 amide bonds. The van der Waals surface area contributed by atoms with Gasteiger partial charge in [0, 0.05) is 0 Å². The van der Waals surface area contributed by atoms with Crippen LogP contribution in [0.4, 0.5) is 5.69 Å². The van der Waals surface area contributed by atoms with Crippen molar-refractivity contribution in [2.45, 2.75) is 0 Å². The maximum absolute atomic E-state index is 12.1. The Kier molecular flexibility index (Phi) is 3.07. The predicted molar refractivity (Wildman–Crippen MR) is 74.9 cm³/mol. The second-order valence-corrected chi connectivity index (χ2v) is 4.63. The van der Waals surface area contributed by atoms with Crippen molar-refractivity contribution in [3.8, 4) is 0 Å². The summed E-state index contributed by atoms with van der Waals surface area (Å²) in [5.41, 5.74) is 7.65. The maximum atomic E-state index is 12.1. The first kappa shape index (κ1) is 11.6. The lowest BCUT2D eigenvalue weighted by Crippen LogP contribution is -2.29. The van der Waals surface area contributed by atoms with Crippen molar-refractivity contribution in [1.82, 2.24) is 15.0 Å². The summed E-state index contributed by atoms with van der Waals surface area (Å²) >= 11 is 1.21. The third kappa shape index (κ3) is 2.38. The summed E-state index contributed by atoms with van der Waals surface area (Å²) in [6, 6.07) is 14.8. The van der Waals surface area contributed by atoms with Crippen molar-refractivity contribution < 1.29 is 4.79 Å². The van der Waals surface area contributed by atoms with Crippen molar-refractivity contribution in [1.29, 1.82) is 0 Å². The first-order chi connectivity index (χ1) is 9.34. The normalized spacial score (nSPS) is 10.3. The number of amides is 1. The summed E-state index contributed by atoms with van der Waals surface area (Å²) in [6.07, 6.45) is 0. The van der Waals surface area contributed by atoms with Crippen LogP contribution in [0.15, 0.2) is 48.5 Å².